The van der Waals surface area contributed by atoms with Gasteiger partial charge < -0.3 is 0 Å². The molecule has 0 saturated carbocycles. The molecule has 0 radical (unpaired) electrons. The fourth-order valence-corrected chi connectivity index (χ4v) is 4.31. The predicted octanol–water partition coefficient (Wildman–Crippen LogP) is 2.96. The predicted molar refractivity (Wildman–Crippen MR) is 96.1 cm³/mol. The van der Waals surface area contributed by atoms with Crippen molar-refractivity contribution in [3.8, 4) is 10.6 Å². The third-order valence-electron chi connectivity index (χ3n) is 3.56. The number of fused-ring (bicyclic) bond motifs is 1. The Hall–Kier alpha value is -2.78. The van der Waals surface area contributed by atoms with Crippen molar-refractivity contribution in [2.75, 3.05) is 4.72 Å². The second-order valence-corrected chi connectivity index (χ2v) is 7.99. The molecule has 0 amide bonds. The lowest BCUT2D eigenvalue weighted by Gasteiger charge is -2.08. The van der Waals surface area contributed by atoms with E-state index < -0.39 is 10.0 Å². The Kier molecular flexibility index (Phi) is 3.74. The minimum Gasteiger partial charge on any atom is -0.280 e. The fraction of sp³-hybridized carbons (Fsp3) is 0.0625. The Morgan fingerprint density at radius 1 is 1.04 bits per heavy atom. The smallest absolute Gasteiger partial charge is 0.261 e. The normalized spacial score (nSPS) is 11.7. The highest BCUT2D eigenvalue weighted by molar-refractivity contribution is 7.92. The van der Waals surface area contributed by atoms with E-state index in [0.717, 1.165) is 10.6 Å². The molecule has 2 aromatic carbocycles. The standard InChI is InChI=1S/C16H13N5O2S2/c1-11-17-18-16-21(11)19-15(24-16)12-6-5-7-13(10-12)20-25(22,23)14-8-3-2-4-9-14/h2-10,20H,1H3. The summed E-state index contributed by atoms with van der Waals surface area (Å²) in [6, 6.07) is 15.4. The molecule has 0 aliphatic carbocycles. The summed E-state index contributed by atoms with van der Waals surface area (Å²) in [7, 11) is -3.63. The molecule has 4 rings (SSSR count). The Morgan fingerprint density at radius 2 is 1.84 bits per heavy atom. The summed E-state index contributed by atoms with van der Waals surface area (Å²) in [6.45, 7) is 1.83. The second-order valence-electron chi connectivity index (χ2n) is 5.35. The number of aryl methyl sites for hydroxylation is 1. The van der Waals surface area contributed by atoms with Gasteiger partial charge in [-0.3, -0.25) is 4.72 Å². The van der Waals surface area contributed by atoms with E-state index in [9.17, 15) is 8.42 Å². The topological polar surface area (TPSA) is 89.2 Å². The highest BCUT2D eigenvalue weighted by atomic mass is 32.2. The number of hydrogen-bond acceptors (Lipinski definition) is 6. The molecular formula is C16H13N5O2S2. The van der Waals surface area contributed by atoms with Crippen LogP contribution in [-0.2, 0) is 10.0 Å². The van der Waals surface area contributed by atoms with Crippen LogP contribution in [0.3, 0.4) is 0 Å². The van der Waals surface area contributed by atoms with Crippen LogP contribution >= 0.6 is 11.3 Å². The molecule has 9 heteroatoms. The molecule has 4 aromatic rings. The van der Waals surface area contributed by atoms with Crippen LogP contribution < -0.4 is 4.72 Å². The molecule has 0 saturated heterocycles. The van der Waals surface area contributed by atoms with Crippen molar-refractivity contribution in [3.05, 3.63) is 60.4 Å². The molecule has 2 heterocycles. The molecule has 25 heavy (non-hydrogen) atoms. The van der Waals surface area contributed by atoms with Gasteiger partial charge in [-0.15, -0.1) is 10.2 Å². The number of nitrogens with one attached hydrogen (secondary N) is 1. The van der Waals surface area contributed by atoms with Gasteiger partial charge in [0, 0.05) is 11.3 Å². The zero-order valence-corrected chi connectivity index (χ0v) is 14.8. The summed E-state index contributed by atoms with van der Waals surface area (Å²) < 4.78 is 29.2. The number of rotatable bonds is 4. The van der Waals surface area contributed by atoms with Crippen LogP contribution in [0.2, 0.25) is 0 Å². The highest BCUT2D eigenvalue weighted by Gasteiger charge is 2.15. The molecule has 0 fully saturated rings. The maximum Gasteiger partial charge on any atom is 0.261 e. The van der Waals surface area contributed by atoms with Crippen LogP contribution in [-0.4, -0.2) is 28.2 Å². The maximum absolute atomic E-state index is 12.4. The fourth-order valence-electron chi connectivity index (χ4n) is 2.36. The summed E-state index contributed by atoms with van der Waals surface area (Å²) in [5.41, 5.74) is 1.28. The van der Waals surface area contributed by atoms with E-state index in [1.54, 1.807) is 53.0 Å². The second kappa shape index (κ2) is 5.94. The summed E-state index contributed by atoms with van der Waals surface area (Å²) in [4.78, 5) is 0.914. The number of benzene rings is 2. The van der Waals surface area contributed by atoms with Crippen LogP contribution in [0.25, 0.3) is 15.5 Å². The zero-order valence-electron chi connectivity index (χ0n) is 13.1. The number of anilines is 1. The van der Waals surface area contributed by atoms with Crippen molar-refractivity contribution in [1.29, 1.82) is 0 Å². The number of hydrogen-bond donors (Lipinski definition) is 1. The summed E-state index contributed by atoms with van der Waals surface area (Å²) >= 11 is 1.40. The quantitative estimate of drug-likeness (QED) is 0.596. The number of nitrogens with zero attached hydrogens (tertiary/aromatic N) is 4. The Morgan fingerprint density at radius 3 is 2.60 bits per heavy atom. The van der Waals surface area contributed by atoms with Gasteiger partial charge in [-0.05, 0) is 31.2 Å². The molecule has 0 aliphatic rings. The molecule has 126 valence electrons. The van der Waals surface area contributed by atoms with E-state index in [-0.39, 0.29) is 4.90 Å². The van der Waals surface area contributed by atoms with E-state index in [0.29, 0.717) is 16.5 Å². The van der Waals surface area contributed by atoms with E-state index in [1.807, 2.05) is 13.0 Å². The van der Waals surface area contributed by atoms with Crippen molar-refractivity contribution in [3.63, 3.8) is 0 Å². The molecule has 0 unspecified atom stereocenters. The van der Waals surface area contributed by atoms with Gasteiger partial charge >= 0.3 is 0 Å². The molecule has 2 aromatic heterocycles. The van der Waals surface area contributed by atoms with Crippen molar-refractivity contribution in [2.24, 2.45) is 0 Å². The molecule has 0 atom stereocenters. The summed E-state index contributed by atoms with van der Waals surface area (Å²) in [5.74, 6) is 0.707. The van der Waals surface area contributed by atoms with Crippen molar-refractivity contribution in [2.45, 2.75) is 11.8 Å². The van der Waals surface area contributed by atoms with Gasteiger partial charge in [0.2, 0.25) is 4.96 Å². The SMILES string of the molecule is Cc1nnc2sc(-c3cccc(NS(=O)(=O)c4ccccc4)c3)nn12. The molecular weight excluding hydrogens is 358 g/mol. The Labute approximate surface area is 148 Å². The van der Waals surface area contributed by atoms with E-state index >= 15 is 0 Å². The third kappa shape index (κ3) is 2.99. The van der Waals surface area contributed by atoms with Crippen molar-refractivity contribution in [1.82, 2.24) is 19.8 Å². The zero-order chi connectivity index (χ0) is 17.4. The monoisotopic (exact) mass is 371 g/mol. The molecule has 7 nitrogen and oxygen atoms in total. The summed E-state index contributed by atoms with van der Waals surface area (Å²) in [6.07, 6.45) is 0. The van der Waals surface area contributed by atoms with Crippen LogP contribution in [0.5, 0.6) is 0 Å². The Bertz CT molecular complexity index is 1150. The lowest BCUT2D eigenvalue weighted by Crippen LogP contribution is -2.12. The van der Waals surface area contributed by atoms with Gasteiger partial charge in [-0.25, -0.2) is 8.42 Å². The van der Waals surface area contributed by atoms with Gasteiger partial charge in [0.15, 0.2) is 5.82 Å². The number of sulfonamides is 1. The lowest BCUT2D eigenvalue weighted by molar-refractivity contribution is 0.601. The largest absolute Gasteiger partial charge is 0.280 e. The average Bonchev–Trinajstić information content (AvgIpc) is 3.18. The highest BCUT2D eigenvalue weighted by Crippen LogP contribution is 2.28. The van der Waals surface area contributed by atoms with Gasteiger partial charge in [0.05, 0.1) is 4.90 Å². The molecule has 0 bridgehead atoms. The van der Waals surface area contributed by atoms with E-state index in [1.165, 1.54) is 11.3 Å². The molecule has 0 aliphatic heterocycles. The van der Waals surface area contributed by atoms with Crippen LogP contribution in [0.1, 0.15) is 5.82 Å². The van der Waals surface area contributed by atoms with Crippen LogP contribution in [0.15, 0.2) is 59.5 Å². The molecule has 0 spiro atoms. The van der Waals surface area contributed by atoms with Gasteiger partial charge in [-0.2, -0.15) is 9.61 Å². The van der Waals surface area contributed by atoms with Gasteiger partial charge in [0.25, 0.3) is 10.0 Å². The van der Waals surface area contributed by atoms with E-state index in [4.69, 9.17) is 0 Å². The minimum atomic E-state index is -3.63. The third-order valence-corrected chi connectivity index (χ3v) is 5.91. The van der Waals surface area contributed by atoms with Crippen molar-refractivity contribution >= 4 is 32.0 Å². The lowest BCUT2D eigenvalue weighted by atomic mass is 10.2. The van der Waals surface area contributed by atoms with Gasteiger partial charge in [0.1, 0.15) is 5.01 Å². The first kappa shape index (κ1) is 15.7. The van der Waals surface area contributed by atoms with Crippen molar-refractivity contribution < 1.29 is 8.42 Å². The maximum atomic E-state index is 12.4. The van der Waals surface area contributed by atoms with Gasteiger partial charge in [-0.1, -0.05) is 41.7 Å². The molecule has 1 N–H and O–H groups in total. The summed E-state index contributed by atoms with van der Waals surface area (Å²) in [5, 5.41) is 13.2. The first-order valence-electron chi connectivity index (χ1n) is 7.40. The Balaban J connectivity index is 1.67. The average molecular weight is 371 g/mol. The minimum absolute atomic E-state index is 0.217. The first-order valence-corrected chi connectivity index (χ1v) is 9.70. The first-order chi connectivity index (χ1) is 12.0. The van der Waals surface area contributed by atoms with Crippen LogP contribution in [0.4, 0.5) is 5.69 Å². The van der Waals surface area contributed by atoms with E-state index in [2.05, 4.69) is 20.0 Å². The van der Waals surface area contributed by atoms with Crippen LogP contribution in [0, 0.1) is 6.92 Å². The number of aromatic nitrogens is 4.